The van der Waals surface area contributed by atoms with Crippen LogP contribution in [0.2, 0.25) is 0 Å². The highest BCUT2D eigenvalue weighted by molar-refractivity contribution is 7.92. The van der Waals surface area contributed by atoms with Gasteiger partial charge in [-0.3, -0.25) is 9.59 Å². The van der Waals surface area contributed by atoms with E-state index in [1.807, 2.05) is 0 Å². The molecule has 9 heteroatoms. The van der Waals surface area contributed by atoms with E-state index in [0.717, 1.165) is 0 Å². The standard InChI is InChI=1S/C18H23N3O5S/c1-13-12-15(20-26-13)19-18(23)17(14-8-5-4-6-9-14)27(24,25)11-7-10-16(22)21(2)3/h4-6,8-9,12,17H,7,10-11H2,1-3H3,(H,19,20,23)/t17-/m0/s1. The Kier molecular flexibility index (Phi) is 6.73. The topological polar surface area (TPSA) is 110 Å². The molecule has 0 saturated carbocycles. The van der Waals surface area contributed by atoms with Crippen LogP contribution >= 0.6 is 0 Å². The number of sulfone groups is 1. The predicted octanol–water partition coefficient (Wildman–Crippen LogP) is 1.95. The van der Waals surface area contributed by atoms with Crippen molar-refractivity contribution >= 4 is 27.5 Å². The van der Waals surface area contributed by atoms with Crippen molar-refractivity contribution in [2.45, 2.75) is 25.0 Å². The Morgan fingerprint density at radius 1 is 1.22 bits per heavy atom. The molecule has 2 amide bonds. The zero-order valence-corrected chi connectivity index (χ0v) is 16.3. The Morgan fingerprint density at radius 2 is 1.89 bits per heavy atom. The smallest absolute Gasteiger partial charge is 0.248 e. The predicted molar refractivity (Wildman–Crippen MR) is 101 cm³/mol. The maximum atomic E-state index is 12.9. The highest BCUT2D eigenvalue weighted by Crippen LogP contribution is 2.26. The van der Waals surface area contributed by atoms with Gasteiger partial charge in [-0.25, -0.2) is 8.42 Å². The summed E-state index contributed by atoms with van der Waals surface area (Å²) in [5.41, 5.74) is 0.356. The van der Waals surface area contributed by atoms with E-state index >= 15 is 0 Å². The molecule has 1 aromatic heterocycles. The Labute approximate surface area is 158 Å². The molecule has 0 unspecified atom stereocenters. The number of aryl methyl sites for hydroxylation is 1. The summed E-state index contributed by atoms with van der Waals surface area (Å²) in [4.78, 5) is 25.8. The number of aromatic nitrogens is 1. The molecular formula is C18H23N3O5S. The van der Waals surface area contributed by atoms with E-state index < -0.39 is 21.0 Å². The minimum atomic E-state index is -3.85. The van der Waals surface area contributed by atoms with Crippen LogP contribution in [0.15, 0.2) is 40.9 Å². The highest BCUT2D eigenvalue weighted by atomic mass is 32.2. The number of nitrogens with zero attached hydrogens (tertiary/aromatic N) is 2. The maximum Gasteiger partial charge on any atom is 0.248 e. The molecular weight excluding hydrogens is 370 g/mol. The molecule has 0 saturated heterocycles. The molecule has 0 bridgehead atoms. The lowest BCUT2D eigenvalue weighted by Crippen LogP contribution is -2.30. The summed E-state index contributed by atoms with van der Waals surface area (Å²) in [5.74, 6) is -0.516. The highest BCUT2D eigenvalue weighted by Gasteiger charge is 2.34. The molecule has 0 aliphatic heterocycles. The first kappa shape index (κ1) is 20.6. The fourth-order valence-corrected chi connectivity index (χ4v) is 4.27. The molecule has 1 atom stereocenters. The molecule has 0 aliphatic carbocycles. The van der Waals surface area contributed by atoms with Crippen molar-refractivity contribution in [1.82, 2.24) is 10.1 Å². The van der Waals surface area contributed by atoms with Gasteiger partial charge >= 0.3 is 0 Å². The number of anilines is 1. The van der Waals surface area contributed by atoms with E-state index in [0.29, 0.717) is 11.3 Å². The van der Waals surface area contributed by atoms with E-state index in [4.69, 9.17) is 4.52 Å². The Bertz CT molecular complexity index is 891. The molecule has 1 heterocycles. The van der Waals surface area contributed by atoms with Crippen molar-refractivity contribution in [2.75, 3.05) is 25.2 Å². The van der Waals surface area contributed by atoms with Gasteiger partial charge < -0.3 is 14.7 Å². The van der Waals surface area contributed by atoms with Gasteiger partial charge in [0.2, 0.25) is 11.8 Å². The van der Waals surface area contributed by atoms with Crippen LogP contribution in [0.4, 0.5) is 5.82 Å². The maximum absolute atomic E-state index is 12.9. The van der Waals surface area contributed by atoms with Crippen molar-refractivity contribution in [3.63, 3.8) is 0 Å². The van der Waals surface area contributed by atoms with Gasteiger partial charge in [-0.1, -0.05) is 35.5 Å². The van der Waals surface area contributed by atoms with Crippen LogP contribution in [-0.2, 0) is 19.4 Å². The second kappa shape index (κ2) is 8.81. The van der Waals surface area contributed by atoms with Gasteiger partial charge in [0.1, 0.15) is 5.76 Å². The van der Waals surface area contributed by atoms with Gasteiger partial charge in [0, 0.05) is 26.6 Å². The summed E-state index contributed by atoms with van der Waals surface area (Å²) >= 11 is 0. The van der Waals surface area contributed by atoms with E-state index in [2.05, 4.69) is 10.5 Å². The largest absolute Gasteiger partial charge is 0.360 e. The third-order valence-electron chi connectivity index (χ3n) is 3.90. The quantitative estimate of drug-likeness (QED) is 0.734. The number of nitrogens with one attached hydrogen (secondary N) is 1. The third-order valence-corrected chi connectivity index (χ3v) is 5.96. The molecule has 8 nitrogen and oxygen atoms in total. The minimum Gasteiger partial charge on any atom is -0.360 e. The zero-order valence-electron chi connectivity index (χ0n) is 15.5. The lowest BCUT2D eigenvalue weighted by atomic mass is 10.1. The van der Waals surface area contributed by atoms with E-state index in [1.54, 1.807) is 51.4 Å². The molecule has 1 aromatic carbocycles. The van der Waals surface area contributed by atoms with Crippen molar-refractivity contribution in [3.8, 4) is 0 Å². The van der Waals surface area contributed by atoms with Crippen LogP contribution in [0, 0.1) is 6.92 Å². The molecule has 0 spiro atoms. The summed E-state index contributed by atoms with van der Waals surface area (Å²) in [5, 5.41) is 4.76. The first-order valence-corrected chi connectivity index (χ1v) is 10.1. The fourth-order valence-electron chi connectivity index (χ4n) is 2.53. The molecule has 2 rings (SSSR count). The second-order valence-electron chi connectivity index (χ2n) is 6.36. The van der Waals surface area contributed by atoms with E-state index in [-0.39, 0.29) is 30.3 Å². The first-order valence-electron chi connectivity index (χ1n) is 8.41. The van der Waals surface area contributed by atoms with Crippen molar-refractivity contribution in [3.05, 3.63) is 47.7 Å². The van der Waals surface area contributed by atoms with Gasteiger partial charge in [0.05, 0.1) is 5.75 Å². The van der Waals surface area contributed by atoms with E-state index in [1.165, 1.54) is 11.0 Å². The molecule has 0 aliphatic rings. The SMILES string of the molecule is Cc1cc(NC(=O)[C@H](c2ccccc2)S(=O)(=O)CCCC(=O)N(C)C)no1. The number of rotatable bonds is 8. The van der Waals surface area contributed by atoms with Crippen LogP contribution in [-0.4, -0.2) is 50.1 Å². The van der Waals surface area contributed by atoms with Gasteiger partial charge in [-0.15, -0.1) is 0 Å². The Hall–Kier alpha value is -2.68. The summed E-state index contributed by atoms with van der Waals surface area (Å²) in [7, 11) is -0.634. The van der Waals surface area contributed by atoms with Crippen LogP contribution < -0.4 is 5.32 Å². The minimum absolute atomic E-state index is 0.0951. The Balaban J connectivity index is 2.21. The fraction of sp³-hybridized carbons (Fsp3) is 0.389. The van der Waals surface area contributed by atoms with Crippen molar-refractivity contribution in [1.29, 1.82) is 0 Å². The van der Waals surface area contributed by atoms with Crippen LogP contribution in [0.1, 0.15) is 29.4 Å². The van der Waals surface area contributed by atoms with Gasteiger partial charge in [0.25, 0.3) is 0 Å². The average molecular weight is 393 g/mol. The van der Waals surface area contributed by atoms with Crippen molar-refractivity contribution < 1.29 is 22.5 Å². The molecule has 0 fully saturated rings. The normalized spacial score (nSPS) is 12.4. The van der Waals surface area contributed by atoms with Gasteiger partial charge in [-0.2, -0.15) is 0 Å². The summed E-state index contributed by atoms with van der Waals surface area (Å²) in [6.45, 7) is 1.66. The second-order valence-corrected chi connectivity index (χ2v) is 8.57. The molecule has 2 aromatic rings. The molecule has 146 valence electrons. The number of amides is 2. The Morgan fingerprint density at radius 3 is 2.44 bits per heavy atom. The monoisotopic (exact) mass is 393 g/mol. The number of hydrogen-bond acceptors (Lipinski definition) is 6. The summed E-state index contributed by atoms with van der Waals surface area (Å²) in [6.07, 6.45) is 0.233. The summed E-state index contributed by atoms with van der Waals surface area (Å²) < 4.78 is 30.7. The van der Waals surface area contributed by atoms with E-state index in [9.17, 15) is 18.0 Å². The first-order chi connectivity index (χ1) is 12.7. The zero-order chi connectivity index (χ0) is 20.0. The average Bonchev–Trinajstić information content (AvgIpc) is 3.00. The van der Waals surface area contributed by atoms with Crippen LogP contribution in [0.3, 0.4) is 0 Å². The molecule has 1 N–H and O–H groups in total. The third kappa shape index (κ3) is 5.65. The number of benzene rings is 1. The lowest BCUT2D eigenvalue weighted by Gasteiger charge is -2.17. The number of carbonyl (C=O) groups is 2. The van der Waals surface area contributed by atoms with Gasteiger partial charge in [-0.05, 0) is 18.9 Å². The molecule has 0 radical (unpaired) electrons. The number of hydrogen-bond donors (Lipinski definition) is 1. The number of carbonyl (C=O) groups excluding carboxylic acids is 2. The van der Waals surface area contributed by atoms with Gasteiger partial charge in [0.15, 0.2) is 20.9 Å². The van der Waals surface area contributed by atoms with Crippen LogP contribution in [0.25, 0.3) is 0 Å². The lowest BCUT2D eigenvalue weighted by molar-refractivity contribution is -0.128. The summed E-state index contributed by atoms with van der Waals surface area (Å²) in [6, 6.07) is 9.74. The van der Waals surface area contributed by atoms with Crippen molar-refractivity contribution in [2.24, 2.45) is 0 Å². The van der Waals surface area contributed by atoms with Crippen LogP contribution in [0.5, 0.6) is 0 Å². The molecule has 27 heavy (non-hydrogen) atoms.